The quantitative estimate of drug-likeness (QED) is 0.741. The molecule has 1 heterocycles. The maximum atomic E-state index is 11.0. The number of nitrogens with two attached hydrogens (primary N) is 1. The third-order valence-corrected chi connectivity index (χ3v) is 4.81. The van der Waals surface area contributed by atoms with E-state index in [1.165, 1.54) is 0 Å². The van der Waals surface area contributed by atoms with Crippen molar-refractivity contribution in [3.63, 3.8) is 0 Å². The van der Waals surface area contributed by atoms with Gasteiger partial charge in [0.05, 0.1) is 23.0 Å². The van der Waals surface area contributed by atoms with E-state index in [9.17, 15) is 4.79 Å². The van der Waals surface area contributed by atoms with Crippen molar-refractivity contribution >= 4 is 17.3 Å². The van der Waals surface area contributed by atoms with Crippen LogP contribution in [-0.4, -0.2) is 22.3 Å². The van der Waals surface area contributed by atoms with Gasteiger partial charge in [-0.05, 0) is 57.2 Å². The molecular formula is C18H23N3O3. The van der Waals surface area contributed by atoms with Crippen molar-refractivity contribution in [2.45, 2.75) is 45.6 Å². The Morgan fingerprint density at radius 2 is 2.00 bits per heavy atom. The van der Waals surface area contributed by atoms with E-state index in [0.717, 1.165) is 41.1 Å². The normalized spacial score (nSPS) is 20.8. The van der Waals surface area contributed by atoms with Gasteiger partial charge in [-0.2, -0.15) is 0 Å². The monoisotopic (exact) mass is 329 g/mol. The number of hydrogen-bond acceptors (Lipinski definition) is 5. The lowest BCUT2D eigenvalue weighted by Crippen LogP contribution is -2.29. The average Bonchev–Trinajstić information content (AvgIpc) is 2.89. The molecule has 4 N–H and O–H groups in total. The second kappa shape index (κ2) is 6.55. The van der Waals surface area contributed by atoms with Crippen molar-refractivity contribution in [1.29, 1.82) is 0 Å². The minimum absolute atomic E-state index is 0.206. The molecule has 6 heteroatoms. The molecule has 6 nitrogen and oxygen atoms in total. The Hall–Kier alpha value is -2.50. The van der Waals surface area contributed by atoms with Crippen LogP contribution < -0.4 is 11.1 Å². The first kappa shape index (κ1) is 16.4. The van der Waals surface area contributed by atoms with Crippen molar-refractivity contribution in [3.8, 4) is 11.1 Å². The predicted octanol–water partition coefficient (Wildman–Crippen LogP) is 3.60. The zero-order valence-corrected chi connectivity index (χ0v) is 14.0. The van der Waals surface area contributed by atoms with Crippen LogP contribution in [0.25, 0.3) is 11.1 Å². The van der Waals surface area contributed by atoms with Crippen LogP contribution in [0.3, 0.4) is 0 Å². The van der Waals surface area contributed by atoms with Crippen molar-refractivity contribution in [1.82, 2.24) is 5.16 Å². The number of anilines is 2. The van der Waals surface area contributed by atoms with Crippen LogP contribution in [0.2, 0.25) is 0 Å². The Morgan fingerprint density at radius 3 is 2.54 bits per heavy atom. The van der Waals surface area contributed by atoms with Crippen molar-refractivity contribution in [2.24, 2.45) is 5.92 Å². The highest BCUT2D eigenvalue weighted by Gasteiger charge is 2.26. The van der Waals surface area contributed by atoms with Gasteiger partial charge in [0.2, 0.25) is 0 Å². The highest BCUT2D eigenvalue weighted by molar-refractivity contribution is 5.77. The summed E-state index contributed by atoms with van der Waals surface area (Å²) in [6, 6.07) is 6.18. The standard InChI is InChI=1S/C18H23N3O3/c1-10-17(11(2)24-21-10)13-5-8-16(15(19)9-13)20-14-6-3-12(4-7-14)18(22)23/h5,8-9,12,14,20H,3-4,6-7,19H2,1-2H3,(H,22,23). The van der Waals surface area contributed by atoms with Crippen molar-refractivity contribution in [2.75, 3.05) is 11.1 Å². The van der Waals surface area contributed by atoms with Crippen LogP contribution >= 0.6 is 0 Å². The van der Waals surface area contributed by atoms with Gasteiger partial charge in [-0.25, -0.2) is 0 Å². The molecule has 24 heavy (non-hydrogen) atoms. The first-order chi connectivity index (χ1) is 11.5. The molecule has 3 rings (SSSR count). The number of carbonyl (C=O) groups is 1. The summed E-state index contributed by atoms with van der Waals surface area (Å²) >= 11 is 0. The van der Waals surface area contributed by atoms with E-state index >= 15 is 0 Å². The first-order valence-electron chi connectivity index (χ1n) is 8.28. The SMILES string of the molecule is Cc1noc(C)c1-c1ccc(NC2CCC(C(=O)O)CC2)c(N)c1. The van der Waals surface area contributed by atoms with E-state index in [-0.39, 0.29) is 12.0 Å². The topological polar surface area (TPSA) is 101 Å². The highest BCUT2D eigenvalue weighted by atomic mass is 16.5. The molecule has 0 amide bonds. The molecule has 0 spiro atoms. The molecule has 0 aliphatic heterocycles. The van der Waals surface area contributed by atoms with Gasteiger partial charge in [0.1, 0.15) is 5.76 Å². The molecule has 1 aliphatic carbocycles. The Morgan fingerprint density at radius 1 is 1.29 bits per heavy atom. The summed E-state index contributed by atoms with van der Waals surface area (Å²) in [5.74, 6) is -0.112. The largest absolute Gasteiger partial charge is 0.481 e. The molecular weight excluding hydrogens is 306 g/mol. The number of hydrogen-bond donors (Lipinski definition) is 3. The molecule has 0 atom stereocenters. The minimum Gasteiger partial charge on any atom is -0.481 e. The number of nitrogen functional groups attached to an aromatic ring is 1. The highest BCUT2D eigenvalue weighted by Crippen LogP contribution is 2.33. The smallest absolute Gasteiger partial charge is 0.306 e. The molecule has 1 aromatic carbocycles. The molecule has 0 unspecified atom stereocenters. The van der Waals surface area contributed by atoms with Crippen LogP contribution in [0, 0.1) is 19.8 Å². The summed E-state index contributed by atoms with van der Waals surface area (Å²) in [6.45, 7) is 3.80. The van der Waals surface area contributed by atoms with Gasteiger partial charge < -0.3 is 20.7 Å². The summed E-state index contributed by atoms with van der Waals surface area (Å²) in [7, 11) is 0. The summed E-state index contributed by atoms with van der Waals surface area (Å²) in [4.78, 5) is 11.0. The fraction of sp³-hybridized carbons (Fsp3) is 0.444. The number of rotatable bonds is 4. The average molecular weight is 329 g/mol. The van der Waals surface area contributed by atoms with Crippen molar-refractivity contribution < 1.29 is 14.4 Å². The fourth-order valence-corrected chi connectivity index (χ4v) is 3.45. The van der Waals surface area contributed by atoms with Crippen LogP contribution in [0.5, 0.6) is 0 Å². The summed E-state index contributed by atoms with van der Waals surface area (Å²) in [6.07, 6.45) is 3.12. The summed E-state index contributed by atoms with van der Waals surface area (Å²) in [5.41, 5.74) is 10.6. The lowest BCUT2D eigenvalue weighted by atomic mass is 9.86. The van der Waals surface area contributed by atoms with Gasteiger partial charge in [-0.3, -0.25) is 4.79 Å². The number of nitrogens with one attached hydrogen (secondary N) is 1. The number of aliphatic carboxylic acids is 1. The Bertz CT molecular complexity index is 726. The predicted molar refractivity (Wildman–Crippen MR) is 92.8 cm³/mol. The molecule has 128 valence electrons. The van der Waals surface area contributed by atoms with Gasteiger partial charge in [0.15, 0.2) is 0 Å². The van der Waals surface area contributed by atoms with E-state index in [1.807, 2.05) is 32.0 Å². The molecule has 1 aliphatic rings. The Labute approximate surface area is 141 Å². The maximum Gasteiger partial charge on any atom is 0.306 e. The summed E-state index contributed by atoms with van der Waals surface area (Å²) in [5, 5.41) is 16.5. The van der Waals surface area contributed by atoms with Gasteiger partial charge in [0.25, 0.3) is 0 Å². The third-order valence-electron chi connectivity index (χ3n) is 4.81. The maximum absolute atomic E-state index is 11.0. The second-order valence-corrected chi connectivity index (χ2v) is 6.53. The molecule has 1 aromatic heterocycles. The Kier molecular flexibility index (Phi) is 4.46. The lowest BCUT2D eigenvalue weighted by molar-refractivity contribution is -0.142. The van der Waals surface area contributed by atoms with E-state index in [2.05, 4.69) is 10.5 Å². The molecule has 1 fully saturated rings. The third kappa shape index (κ3) is 3.22. The van der Waals surface area contributed by atoms with Crippen LogP contribution in [-0.2, 0) is 4.79 Å². The number of benzene rings is 1. The van der Waals surface area contributed by atoms with Gasteiger partial charge >= 0.3 is 5.97 Å². The number of carboxylic acids is 1. The number of carboxylic acid groups (broad SMARTS) is 1. The molecule has 2 aromatic rings. The minimum atomic E-state index is -0.684. The van der Waals surface area contributed by atoms with Gasteiger partial charge in [-0.15, -0.1) is 0 Å². The fourth-order valence-electron chi connectivity index (χ4n) is 3.45. The zero-order valence-electron chi connectivity index (χ0n) is 14.0. The number of nitrogens with zero attached hydrogens (tertiary/aromatic N) is 1. The van der Waals surface area contributed by atoms with Crippen LogP contribution in [0.15, 0.2) is 22.7 Å². The van der Waals surface area contributed by atoms with Gasteiger partial charge in [-0.1, -0.05) is 11.2 Å². The first-order valence-corrected chi connectivity index (χ1v) is 8.28. The number of aryl methyl sites for hydroxylation is 2. The van der Waals surface area contributed by atoms with E-state index in [4.69, 9.17) is 15.4 Å². The Balaban J connectivity index is 1.71. The van der Waals surface area contributed by atoms with Crippen LogP contribution in [0.4, 0.5) is 11.4 Å². The van der Waals surface area contributed by atoms with Crippen LogP contribution in [0.1, 0.15) is 37.1 Å². The molecule has 0 radical (unpaired) electrons. The van der Waals surface area contributed by atoms with E-state index in [0.29, 0.717) is 18.5 Å². The van der Waals surface area contributed by atoms with Crippen molar-refractivity contribution in [3.05, 3.63) is 29.7 Å². The van der Waals surface area contributed by atoms with E-state index < -0.39 is 5.97 Å². The molecule has 0 saturated heterocycles. The second-order valence-electron chi connectivity index (χ2n) is 6.53. The van der Waals surface area contributed by atoms with Gasteiger partial charge in [0, 0.05) is 11.6 Å². The lowest BCUT2D eigenvalue weighted by Gasteiger charge is -2.28. The summed E-state index contributed by atoms with van der Waals surface area (Å²) < 4.78 is 5.22. The molecule has 0 bridgehead atoms. The molecule has 1 saturated carbocycles. The number of aromatic nitrogens is 1. The zero-order chi connectivity index (χ0) is 17.3. The van der Waals surface area contributed by atoms with E-state index in [1.54, 1.807) is 0 Å².